The van der Waals surface area contributed by atoms with Crippen molar-refractivity contribution in [3.8, 4) is 0 Å². The fourth-order valence-corrected chi connectivity index (χ4v) is 3.29. The molecule has 0 aliphatic heterocycles. The highest BCUT2D eigenvalue weighted by atomic mass is 16.5. The molecule has 1 aliphatic carbocycles. The minimum atomic E-state index is -0.336. The maximum Gasteiger partial charge on any atom is 0.105 e. The lowest BCUT2D eigenvalue weighted by atomic mass is 9.63. The number of benzene rings is 1. The van der Waals surface area contributed by atoms with Crippen molar-refractivity contribution in [3.63, 3.8) is 0 Å². The fourth-order valence-electron chi connectivity index (χ4n) is 3.29. The van der Waals surface area contributed by atoms with Crippen molar-refractivity contribution in [3.05, 3.63) is 41.2 Å². The Hall–Kier alpha value is -1.28. The van der Waals surface area contributed by atoms with E-state index < -0.39 is 0 Å². The fraction of sp³-hybridized carbons (Fsp3) is 0.500. The average Bonchev–Trinajstić information content (AvgIpc) is 2.37. The predicted octanol–water partition coefficient (Wildman–Crippen LogP) is 3.43. The number of ether oxygens (including phenoxy) is 1. The summed E-state index contributed by atoms with van der Waals surface area (Å²) < 4.78 is 5.54. The molecule has 0 aromatic heterocycles. The Morgan fingerprint density at radius 2 is 2.00 bits per heavy atom. The Bertz CT molecular complexity index is 462. The van der Waals surface area contributed by atoms with E-state index in [1.54, 1.807) is 7.11 Å². The van der Waals surface area contributed by atoms with E-state index >= 15 is 0 Å². The molecule has 1 aromatic rings. The summed E-state index contributed by atoms with van der Waals surface area (Å²) in [6, 6.07) is 8.39. The number of aliphatic hydroxyl groups is 1. The van der Waals surface area contributed by atoms with E-state index in [2.05, 4.69) is 45.0 Å². The van der Waals surface area contributed by atoms with Crippen molar-refractivity contribution in [2.24, 2.45) is 11.3 Å². The maximum atomic E-state index is 9.88. The molecule has 0 radical (unpaired) electrons. The molecule has 2 nitrogen and oxygen atoms in total. The normalized spacial score (nSPS) is 26.8. The van der Waals surface area contributed by atoms with Gasteiger partial charge in [0.15, 0.2) is 0 Å². The van der Waals surface area contributed by atoms with Crippen LogP contribution in [0.5, 0.6) is 0 Å². The number of hydrogen-bond acceptors (Lipinski definition) is 2. The molecule has 0 fully saturated rings. The first kappa shape index (κ1) is 13.2. The van der Waals surface area contributed by atoms with Crippen LogP contribution in [0.15, 0.2) is 30.0 Å². The zero-order valence-corrected chi connectivity index (χ0v) is 11.6. The van der Waals surface area contributed by atoms with Crippen molar-refractivity contribution in [2.45, 2.75) is 26.7 Å². The first-order valence-electron chi connectivity index (χ1n) is 6.50. The summed E-state index contributed by atoms with van der Waals surface area (Å²) in [6.45, 7) is 6.59. The van der Waals surface area contributed by atoms with E-state index in [9.17, 15) is 5.11 Å². The van der Waals surface area contributed by atoms with Gasteiger partial charge in [-0.15, -0.1) is 0 Å². The summed E-state index contributed by atoms with van der Waals surface area (Å²) in [5.41, 5.74) is 2.18. The summed E-state index contributed by atoms with van der Waals surface area (Å²) >= 11 is 0. The Kier molecular flexibility index (Phi) is 3.49. The first-order valence-corrected chi connectivity index (χ1v) is 6.50. The minimum absolute atomic E-state index is 0.101. The second kappa shape index (κ2) is 4.77. The standard InChI is InChI=1S/C16H22O2/c1-11(2)15-13-8-6-5-7-12(13)9-14(18-4)16(15,3)10-17/h5-9,11,15,17H,10H2,1-4H3/t15-,16+/m1/s1. The quantitative estimate of drug-likeness (QED) is 0.885. The zero-order valence-electron chi connectivity index (χ0n) is 11.6. The van der Waals surface area contributed by atoms with Crippen LogP contribution < -0.4 is 0 Å². The van der Waals surface area contributed by atoms with Crippen LogP contribution in [0.2, 0.25) is 0 Å². The number of aliphatic hydroxyl groups excluding tert-OH is 1. The van der Waals surface area contributed by atoms with Crippen LogP contribution in [0.4, 0.5) is 0 Å². The third-order valence-electron chi connectivity index (χ3n) is 4.08. The number of methoxy groups -OCH3 is 1. The van der Waals surface area contributed by atoms with Gasteiger partial charge in [-0.05, 0) is 30.0 Å². The van der Waals surface area contributed by atoms with Gasteiger partial charge in [0.25, 0.3) is 0 Å². The Morgan fingerprint density at radius 3 is 2.56 bits per heavy atom. The maximum absolute atomic E-state index is 9.88. The van der Waals surface area contributed by atoms with Crippen molar-refractivity contribution in [2.75, 3.05) is 13.7 Å². The molecule has 0 unspecified atom stereocenters. The largest absolute Gasteiger partial charge is 0.500 e. The van der Waals surface area contributed by atoms with Gasteiger partial charge in [0.05, 0.1) is 19.1 Å². The van der Waals surface area contributed by atoms with E-state index in [4.69, 9.17) is 4.74 Å². The van der Waals surface area contributed by atoms with Gasteiger partial charge in [-0.1, -0.05) is 38.1 Å². The van der Waals surface area contributed by atoms with Gasteiger partial charge >= 0.3 is 0 Å². The van der Waals surface area contributed by atoms with Crippen molar-refractivity contribution >= 4 is 6.08 Å². The Balaban J connectivity index is 2.64. The van der Waals surface area contributed by atoms with Crippen LogP contribution in [-0.4, -0.2) is 18.8 Å². The Labute approximate surface area is 109 Å². The van der Waals surface area contributed by atoms with Gasteiger partial charge in [-0.25, -0.2) is 0 Å². The van der Waals surface area contributed by atoms with Crippen molar-refractivity contribution in [1.29, 1.82) is 0 Å². The van der Waals surface area contributed by atoms with Gasteiger partial charge in [-0.2, -0.15) is 0 Å². The monoisotopic (exact) mass is 246 g/mol. The molecule has 98 valence electrons. The Morgan fingerprint density at radius 1 is 1.33 bits per heavy atom. The summed E-state index contributed by atoms with van der Waals surface area (Å²) in [4.78, 5) is 0. The predicted molar refractivity (Wildman–Crippen MR) is 74.2 cm³/mol. The SMILES string of the molecule is COC1=Cc2ccccc2[C@@H](C(C)C)[C@@]1(C)CO. The van der Waals surface area contributed by atoms with Crippen molar-refractivity contribution < 1.29 is 9.84 Å². The third kappa shape index (κ3) is 1.85. The lowest BCUT2D eigenvalue weighted by Crippen LogP contribution is -2.37. The van der Waals surface area contributed by atoms with Gasteiger partial charge in [0.2, 0.25) is 0 Å². The average molecular weight is 246 g/mol. The highest BCUT2D eigenvalue weighted by molar-refractivity contribution is 5.62. The van der Waals surface area contributed by atoms with E-state index in [1.807, 2.05) is 6.07 Å². The molecule has 1 aliphatic rings. The minimum Gasteiger partial charge on any atom is -0.500 e. The van der Waals surface area contributed by atoms with Crippen LogP contribution >= 0.6 is 0 Å². The van der Waals surface area contributed by atoms with Crippen LogP contribution in [0, 0.1) is 11.3 Å². The lowest BCUT2D eigenvalue weighted by molar-refractivity contribution is 0.0668. The molecular formula is C16H22O2. The first-order chi connectivity index (χ1) is 8.54. The highest BCUT2D eigenvalue weighted by Gasteiger charge is 2.44. The molecule has 1 aromatic carbocycles. The van der Waals surface area contributed by atoms with Crippen LogP contribution in [0.25, 0.3) is 6.08 Å². The number of hydrogen-bond donors (Lipinski definition) is 1. The molecule has 0 saturated heterocycles. The van der Waals surface area contributed by atoms with E-state index in [0.29, 0.717) is 5.92 Å². The van der Waals surface area contributed by atoms with Gasteiger partial charge in [0.1, 0.15) is 5.76 Å². The molecule has 2 heteroatoms. The lowest BCUT2D eigenvalue weighted by Gasteiger charge is -2.43. The van der Waals surface area contributed by atoms with Gasteiger partial charge in [0, 0.05) is 5.92 Å². The summed E-state index contributed by atoms with van der Waals surface area (Å²) in [5.74, 6) is 1.60. The van der Waals surface area contributed by atoms with Crippen LogP contribution in [-0.2, 0) is 4.74 Å². The molecule has 0 saturated carbocycles. The van der Waals surface area contributed by atoms with Gasteiger partial charge in [-0.3, -0.25) is 0 Å². The molecule has 2 atom stereocenters. The van der Waals surface area contributed by atoms with E-state index in [-0.39, 0.29) is 17.9 Å². The van der Waals surface area contributed by atoms with Gasteiger partial charge < -0.3 is 9.84 Å². The van der Waals surface area contributed by atoms with E-state index in [0.717, 1.165) is 5.76 Å². The number of rotatable bonds is 3. The summed E-state index contributed by atoms with van der Waals surface area (Å²) in [6.07, 6.45) is 2.06. The summed E-state index contributed by atoms with van der Waals surface area (Å²) in [5, 5.41) is 9.88. The second-order valence-corrected chi connectivity index (χ2v) is 5.64. The third-order valence-corrected chi connectivity index (χ3v) is 4.08. The van der Waals surface area contributed by atoms with Crippen LogP contribution in [0.1, 0.15) is 37.8 Å². The molecule has 2 rings (SSSR count). The van der Waals surface area contributed by atoms with E-state index in [1.165, 1.54) is 11.1 Å². The highest BCUT2D eigenvalue weighted by Crippen LogP contribution is 2.50. The smallest absolute Gasteiger partial charge is 0.105 e. The molecule has 1 N–H and O–H groups in total. The number of fused-ring (bicyclic) bond motifs is 1. The molecule has 18 heavy (non-hydrogen) atoms. The zero-order chi connectivity index (χ0) is 13.3. The molecular weight excluding hydrogens is 224 g/mol. The van der Waals surface area contributed by atoms with Crippen LogP contribution in [0.3, 0.4) is 0 Å². The molecule has 0 bridgehead atoms. The molecule has 0 amide bonds. The molecule has 0 heterocycles. The molecule has 0 spiro atoms. The summed E-state index contributed by atoms with van der Waals surface area (Å²) in [7, 11) is 1.69. The topological polar surface area (TPSA) is 29.5 Å². The second-order valence-electron chi connectivity index (χ2n) is 5.64. The van der Waals surface area contributed by atoms with Crippen molar-refractivity contribution in [1.82, 2.24) is 0 Å².